The van der Waals surface area contributed by atoms with Crippen LogP contribution in [0.1, 0.15) is 19.3 Å². The summed E-state index contributed by atoms with van der Waals surface area (Å²) in [5.74, 6) is -0.885. The number of carbonyl (C=O) groups excluding carboxylic acids is 2. The Hall–Kier alpha value is -1.84. The fourth-order valence-corrected chi connectivity index (χ4v) is 5.27. The minimum atomic E-state index is -1.12. The fourth-order valence-electron chi connectivity index (χ4n) is 4.05. The number of amides is 2. The number of hydrogen-bond donors (Lipinski definition) is 3. The molecular weight excluding hydrogens is 358 g/mol. The summed E-state index contributed by atoms with van der Waals surface area (Å²) in [4.78, 5) is 39.4. The molecule has 2 amide bonds. The lowest BCUT2D eigenvalue weighted by Gasteiger charge is -2.43. The van der Waals surface area contributed by atoms with Crippen LogP contribution in [0.4, 0.5) is 0 Å². The van der Waals surface area contributed by atoms with Crippen LogP contribution in [0.25, 0.3) is 0 Å². The van der Waals surface area contributed by atoms with Crippen LogP contribution in [0.2, 0.25) is 0 Å². The molecule has 0 radical (unpaired) electrons. The van der Waals surface area contributed by atoms with Crippen LogP contribution >= 0.6 is 11.8 Å². The van der Waals surface area contributed by atoms with Crippen LogP contribution in [0, 0.1) is 0 Å². The van der Waals surface area contributed by atoms with Crippen LogP contribution in [0.5, 0.6) is 0 Å². The number of nitrogens with zero attached hydrogens (tertiary/aromatic N) is 2. The standard InChI is InChI=1S/C17H21N3O5S/c21-7-11-4-12(6-18-11)19-2-1-9(16(19)23)3-10-8-26-14-5-13(22)20(14)15(10)17(24)25/h3,11-12,14,18,21H,1-2,4-8H2,(H,24,25)/b9-3+. The van der Waals surface area contributed by atoms with E-state index < -0.39 is 5.97 Å². The highest BCUT2D eigenvalue weighted by Crippen LogP contribution is 2.41. The van der Waals surface area contributed by atoms with Crippen molar-refractivity contribution < 1.29 is 24.6 Å². The Kier molecular flexibility index (Phi) is 4.54. The lowest BCUT2D eigenvalue weighted by molar-refractivity contribution is -0.146. The summed E-state index contributed by atoms with van der Waals surface area (Å²) in [6.45, 7) is 1.31. The molecule has 26 heavy (non-hydrogen) atoms. The third kappa shape index (κ3) is 2.83. The van der Waals surface area contributed by atoms with Gasteiger partial charge in [0, 0.05) is 36.5 Å². The van der Waals surface area contributed by atoms with E-state index >= 15 is 0 Å². The Morgan fingerprint density at radius 2 is 2.19 bits per heavy atom. The van der Waals surface area contributed by atoms with E-state index in [1.165, 1.54) is 16.7 Å². The van der Waals surface area contributed by atoms with Gasteiger partial charge in [0.2, 0.25) is 11.8 Å². The maximum Gasteiger partial charge on any atom is 0.352 e. The first-order valence-electron chi connectivity index (χ1n) is 8.75. The lowest BCUT2D eigenvalue weighted by Crippen LogP contribution is -2.53. The van der Waals surface area contributed by atoms with Crippen LogP contribution in [-0.4, -0.2) is 80.7 Å². The van der Waals surface area contributed by atoms with Gasteiger partial charge in [-0.3, -0.25) is 14.5 Å². The number of likely N-dealkylation sites (tertiary alicyclic amines) is 1. The Bertz CT molecular complexity index is 734. The van der Waals surface area contributed by atoms with E-state index in [4.69, 9.17) is 0 Å². The normalized spacial score (nSPS) is 33.1. The second kappa shape index (κ2) is 6.71. The molecule has 3 unspecified atom stereocenters. The van der Waals surface area contributed by atoms with Crippen LogP contribution in [0.3, 0.4) is 0 Å². The van der Waals surface area contributed by atoms with Crippen molar-refractivity contribution in [2.24, 2.45) is 0 Å². The third-order valence-electron chi connectivity index (χ3n) is 5.45. The largest absolute Gasteiger partial charge is 0.477 e. The van der Waals surface area contributed by atoms with Crippen LogP contribution in [-0.2, 0) is 14.4 Å². The number of thioether (sulfide) groups is 1. The van der Waals surface area contributed by atoms with Gasteiger partial charge in [0.05, 0.1) is 18.4 Å². The van der Waals surface area contributed by atoms with Gasteiger partial charge in [-0.25, -0.2) is 4.79 Å². The van der Waals surface area contributed by atoms with Crippen molar-refractivity contribution >= 4 is 29.5 Å². The van der Waals surface area contributed by atoms with Crippen LogP contribution in [0.15, 0.2) is 22.9 Å². The molecular formula is C17H21N3O5S. The summed E-state index contributed by atoms with van der Waals surface area (Å²) < 4.78 is 0. The highest BCUT2D eigenvalue weighted by Gasteiger charge is 2.45. The van der Waals surface area contributed by atoms with Crippen molar-refractivity contribution in [1.82, 2.24) is 15.1 Å². The zero-order chi connectivity index (χ0) is 18.4. The highest BCUT2D eigenvalue weighted by molar-refractivity contribution is 8.00. The maximum absolute atomic E-state index is 12.8. The first-order valence-corrected chi connectivity index (χ1v) is 9.80. The predicted molar refractivity (Wildman–Crippen MR) is 94.1 cm³/mol. The second-order valence-electron chi connectivity index (χ2n) is 7.01. The van der Waals surface area contributed by atoms with E-state index in [1.807, 2.05) is 4.90 Å². The van der Waals surface area contributed by atoms with Gasteiger partial charge in [-0.1, -0.05) is 0 Å². The summed E-state index contributed by atoms with van der Waals surface area (Å²) in [6.07, 6.45) is 3.33. The maximum atomic E-state index is 12.8. The molecule has 0 saturated carbocycles. The Morgan fingerprint density at radius 3 is 2.85 bits per heavy atom. The van der Waals surface area contributed by atoms with Crippen LogP contribution < -0.4 is 5.32 Å². The molecule has 3 saturated heterocycles. The second-order valence-corrected chi connectivity index (χ2v) is 8.17. The van der Waals surface area contributed by atoms with Gasteiger partial charge in [0.25, 0.3) is 0 Å². The van der Waals surface area contributed by atoms with E-state index in [0.717, 1.165) is 6.42 Å². The molecule has 140 valence electrons. The topological polar surface area (TPSA) is 110 Å². The number of rotatable bonds is 4. The number of hydrogen-bond acceptors (Lipinski definition) is 6. The first kappa shape index (κ1) is 17.6. The van der Waals surface area contributed by atoms with Gasteiger partial charge < -0.3 is 20.4 Å². The number of aliphatic hydroxyl groups excluding tert-OH is 1. The van der Waals surface area contributed by atoms with Crippen molar-refractivity contribution in [3.63, 3.8) is 0 Å². The van der Waals surface area contributed by atoms with Crippen molar-refractivity contribution in [3.8, 4) is 0 Å². The molecule has 9 heteroatoms. The number of fused-ring (bicyclic) bond motifs is 1. The third-order valence-corrected chi connectivity index (χ3v) is 6.69. The average Bonchev–Trinajstić information content (AvgIpc) is 3.21. The molecule has 0 aliphatic carbocycles. The molecule has 3 atom stereocenters. The molecule has 4 aliphatic rings. The predicted octanol–water partition coefficient (Wildman–Crippen LogP) is -0.488. The van der Waals surface area contributed by atoms with E-state index in [0.29, 0.717) is 42.8 Å². The van der Waals surface area contributed by atoms with E-state index in [1.54, 1.807) is 6.08 Å². The van der Waals surface area contributed by atoms with Crippen molar-refractivity contribution in [3.05, 3.63) is 22.9 Å². The molecule has 0 aromatic carbocycles. The number of carboxylic acid groups (broad SMARTS) is 1. The summed E-state index contributed by atoms with van der Waals surface area (Å²) in [7, 11) is 0. The molecule has 3 fully saturated rings. The van der Waals surface area contributed by atoms with E-state index in [-0.39, 0.29) is 41.6 Å². The summed E-state index contributed by atoms with van der Waals surface area (Å²) in [6, 6.07) is 0.0757. The van der Waals surface area contributed by atoms with Crippen molar-refractivity contribution in [1.29, 1.82) is 0 Å². The van der Waals surface area contributed by atoms with Crippen molar-refractivity contribution in [2.45, 2.75) is 36.7 Å². The van der Waals surface area contributed by atoms with Gasteiger partial charge in [0.1, 0.15) is 5.70 Å². The molecule has 0 aromatic heterocycles. The number of carboxylic acids is 1. The number of allylic oxidation sites excluding steroid dienone is 1. The van der Waals surface area contributed by atoms with E-state index in [9.17, 15) is 24.6 Å². The number of aliphatic carboxylic acids is 1. The molecule has 0 spiro atoms. The molecule has 4 heterocycles. The smallest absolute Gasteiger partial charge is 0.352 e. The number of carbonyl (C=O) groups is 3. The minimum Gasteiger partial charge on any atom is -0.477 e. The summed E-state index contributed by atoms with van der Waals surface area (Å²) in [5, 5.41) is 21.9. The SMILES string of the molecule is O=C(O)C1=C(/C=C2\CCN(C3CNC(CO)C3)C2=O)CSC2CC(=O)N12. The van der Waals surface area contributed by atoms with Gasteiger partial charge in [-0.15, -0.1) is 11.8 Å². The lowest BCUT2D eigenvalue weighted by atomic mass is 10.0. The quantitative estimate of drug-likeness (QED) is 0.447. The first-order chi connectivity index (χ1) is 12.5. The minimum absolute atomic E-state index is 0.0197. The number of aliphatic hydroxyl groups is 1. The molecule has 8 nitrogen and oxygen atoms in total. The Balaban J connectivity index is 1.56. The summed E-state index contributed by atoms with van der Waals surface area (Å²) in [5.41, 5.74) is 1.15. The molecule has 3 N–H and O–H groups in total. The highest BCUT2D eigenvalue weighted by atomic mass is 32.2. The van der Waals surface area contributed by atoms with Gasteiger partial charge >= 0.3 is 5.97 Å². The van der Waals surface area contributed by atoms with E-state index in [2.05, 4.69) is 5.32 Å². The van der Waals surface area contributed by atoms with Gasteiger partial charge in [-0.2, -0.15) is 0 Å². The zero-order valence-corrected chi connectivity index (χ0v) is 15.0. The molecule has 4 rings (SSSR count). The fraction of sp³-hybridized carbons (Fsp3) is 0.588. The molecule has 0 aromatic rings. The summed E-state index contributed by atoms with van der Waals surface area (Å²) >= 11 is 1.54. The van der Waals surface area contributed by atoms with Gasteiger partial charge in [0.15, 0.2) is 0 Å². The Morgan fingerprint density at radius 1 is 1.38 bits per heavy atom. The molecule has 4 aliphatic heterocycles. The number of nitrogens with one attached hydrogen (secondary N) is 1. The van der Waals surface area contributed by atoms with Crippen molar-refractivity contribution in [2.75, 3.05) is 25.4 Å². The zero-order valence-electron chi connectivity index (χ0n) is 14.2. The average molecular weight is 379 g/mol. The monoisotopic (exact) mass is 379 g/mol. The number of β-lactam (4-membered cyclic amide) rings is 1. The Labute approximate surface area is 154 Å². The molecule has 0 bridgehead atoms. The van der Waals surface area contributed by atoms with Gasteiger partial charge in [-0.05, 0) is 24.5 Å².